The van der Waals surface area contributed by atoms with Gasteiger partial charge in [-0.25, -0.2) is 0 Å². The molecule has 0 bridgehead atoms. The van der Waals surface area contributed by atoms with Crippen LogP contribution in [0.1, 0.15) is 31.9 Å². The summed E-state index contributed by atoms with van der Waals surface area (Å²) in [6, 6.07) is 73.6. The fourth-order valence-electron chi connectivity index (χ4n) is 10.1. The third kappa shape index (κ3) is 6.04. The number of hydrogen-bond acceptors (Lipinski definition) is 3. The Labute approximate surface area is 369 Å². The number of fused-ring (bicyclic) bond motifs is 7. The van der Waals surface area contributed by atoms with Gasteiger partial charge in [0.25, 0.3) is 6.71 Å². The molecule has 0 unspecified atom stereocenters. The van der Waals surface area contributed by atoms with Crippen molar-refractivity contribution in [3.63, 3.8) is 0 Å². The normalized spacial score (nSPS) is 13.0. The van der Waals surface area contributed by atoms with Gasteiger partial charge in [0.05, 0.1) is 0 Å². The number of nitrogens with zero attached hydrogens (tertiary/aromatic N) is 2. The Balaban J connectivity index is 1.09. The van der Waals surface area contributed by atoms with Gasteiger partial charge in [-0.1, -0.05) is 166 Å². The van der Waals surface area contributed by atoms with E-state index in [1.54, 1.807) is 0 Å². The molecule has 2 aliphatic rings. The van der Waals surface area contributed by atoms with Crippen molar-refractivity contribution in [1.29, 1.82) is 0 Å². The van der Waals surface area contributed by atoms with E-state index in [9.17, 15) is 0 Å². The van der Waals surface area contributed by atoms with E-state index < -0.39 is 0 Å². The smallest absolute Gasteiger partial charge is 0.252 e. The van der Waals surface area contributed by atoms with Crippen molar-refractivity contribution in [2.45, 2.75) is 33.1 Å². The SMILES string of the molecule is Cc1ccc2c(c1)N(c1ccc(-c3ccccc3)cc1)c1cc(C(C)(C)C)cc3c1B2c1cc(-c2ccccc2)ccc1N3c1ccc(-c2cccc3c2oc2ccccc23)cc1. The average molecular weight is 809 g/mol. The molecule has 12 rings (SSSR count). The molecule has 0 atom stereocenters. The Morgan fingerprint density at radius 1 is 0.429 bits per heavy atom. The lowest BCUT2D eigenvalue weighted by Gasteiger charge is -2.45. The Morgan fingerprint density at radius 3 is 1.68 bits per heavy atom. The lowest BCUT2D eigenvalue weighted by molar-refractivity contribution is 0.590. The molecule has 9 aromatic carbocycles. The molecule has 0 radical (unpaired) electrons. The monoisotopic (exact) mass is 808 g/mol. The Kier molecular flexibility index (Phi) is 8.42. The van der Waals surface area contributed by atoms with Crippen LogP contribution in [0.5, 0.6) is 0 Å². The first kappa shape index (κ1) is 37.2. The minimum Gasteiger partial charge on any atom is -0.455 e. The molecule has 300 valence electrons. The fraction of sp³-hybridized carbons (Fsp3) is 0.0847. The fourth-order valence-corrected chi connectivity index (χ4v) is 10.1. The molecular weight excluding hydrogens is 763 g/mol. The molecule has 0 saturated heterocycles. The summed E-state index contributed by atoms with van der Waals surface area (Å²) in [5.41, 5.74) is 22.4. The van der Waals surface area contributed by atoms with Gasteiger partial charge >= 0.3 is 0 Å². The van der Waals surface area contributed by atoms with Gasteiger partial charge in [-0.05, 0) is 122 Å². The number of anilines is 6. The second-order valence-electron chi connectivity index (χ2n) is 18.2. The minimum absolute atomic E-state index is 0.0133. The molecule has 10 aromatic rings. The number of aryl methyl sites for hydroxylation is 1. The Hall–Kier alpha value is -7.56. The van der Waals surface area contributed by atoms with Gasteiger partial charge in [-0.3, -0.25) is 0 Å². The molecule has 0 N–H and O–H groups in total. The minimum atomic E-state index is -0.116. The lowest BCUT2D eigenvalue weighted by Crippen LogP contribution is -2.61. The van der Waals surface area contributed by atoms with Crippen molar-refractivity contribution < 1.29 is 4.42 Å². The predicted octanol–water partition coefficient (Wildman–Crippen LogP) is 14.3. The highest BCUT2D eigenvalue weighted by atomic mass is 16.3. The summed E-state index contributed by atoms with van der Waals surface area (Å²) in [5.74, 6) is 0. The van der Waals surface area contributed by atoms with Gasteiger partial charge in [-0.2, -0.15) is 0 Å². The van der Waals surface area contributed by atoms with Crippen LogP contribution in [0.4, 0.5) is 34.1 Å². The molecule has 0 fully saturated rings. The topological polar surface area (TPSA) is 19.6 Å². The van der Waals surface area contributed by atoms with Crippen LogP contribution in [0.2, 0.25) is 0 Å². The summed E-state index contributed by atoms with van der Waals surface area (Å²) >= 11 is 0. The molecule has 4 heteroatoms. The number of hydrogen-bond donors (Lipinski definition) is 0. The number of rotatable bonds is 5. The molecule has 3 heterocycles. The van der Waals surface area contributed by atoms with Crippen molar-refractivity contribution >= 4 is 79.2 Å². The Bertz CT molecular complexity index is 3380. The third-order valence-electron chi connectivity index (χ3n) is 13.3. The molecule has 0 amide bonds. The van der Waals surface area contributed by atoms with Crippen molar-refractivity contribution in [3.05, 3.63) is 211 Å². The number of para-hydroxylation sites is 2. The summed E-state index contributed by atoms with van der Waals surface area (Å²) in [7, 11) is 0. The van der Waals surface area contributed by atoms with Crippen LogP contribution in [0.3, 0.4) is 0 Å². The van der Waals surface area contributed by atoms with E-state index in [0.29, 0.717) is 0 Å². The van der Waals surface area contributed by atoms with E-state index in [-0.39, 0.29) is 12.1 Å². The zero-order valence-electron chi connectivity index (χ0n) is 35.9. The highest BCUT2D eigenvalue weighted by molar-refractivity contribution is 7.00. The molecule has 3 nitrogen and oxygen atoms in total. The van der Waals surface area contributed by atoms with Crippen LogP contribution >= 0.6 is 0 Å². The summed E-state index contributed by atoms with van der Waals surface area (Å²) in [6.45, 7) is 9.23. The molecule has 63 heavy (non-hydrogen) atoms. The number of furan rings is 1. The summed E-state index contributed by atoms with van der Waals surface area (Å²) in [5, 5.41) is 2.28. The van der Waals surface area contributed by atoms with Crippen molar-refractivity contribution in [2.24, 2.45) is 0 Å². The molecular formula is C59H45BN2O. The Morgan fingerprint density at radius 2 is 1.00 bits per heavy atom. The average Bonchev–Trinajstić information content (AvgIpc) is 3.71. The van der Waals surface area contributed by atoms with Crippen LogP contribution in [-0.4, -0.2) is 6.71 Å². The first-order valence-electron chi connectivity index (χ1n) is 22.0. The van der Waals surface area contributed by atoms with Crippen LogP contribution < -0.4 is 26.2 Å². The summed E-state index contributed by atoms with van der Waals surface area (Å²) in [6.07, 6.45) is 0. The van der Waals surface area contributed by atoms with Crippen LogP contribution in [-0.2, 0) is 5.41 Å². The third-order valence-corrected chi connectivity index (χ3v) is 13.3. The van der Waals surface area contributed by atoms with Crippen molar-refractivity contribution in [3.8, 4) is 33.4 Å². The predicted molar refractivity (Wildman–Crippen MR) is 267 cm³/mol. The molecule has 0 saturated carbocycles. The summed E-state index contributed by atoms with van der Waals surface area (Å²) < 4.78 is 6.51. The van der Waals surface area contributed by atoms with Gasteiger partial charge in [0, 0.05) is 50.5 Å². The lowest BCUT2D eigenvalue weighted by atomic mass is 9.33. The van der Waals surface area contributed by atoms with Gasteiger partial charge in [0.1, 0.15) is 11.2 Å². The van der Waals surface area contributed by atoms with Gasteiger partial charge < -0.3 is 14.2 Å². The highest BCUT2D eigenvalue weighted by Crippen LogP contribution is 2.47. The van der Waals surface area contributed by atoms with E-state index in [1.807, 2.05) is 6.07 Å². The van der Waals surface area contributed by atoms with Crippen molar-refractivity contribution in [2.75, 3.05) is 9.80 Å². The van der Waals surface area contributed by atoms with Gasteiger partial charge in [0.2, 0.25) is 0 Å². The first-order valence-corrected chi connectivity index (χ1v) is 22.0. The second-order valence-corrected chi connectivity index (χ2v) is 18.2. The standard InChI is InChI=1S/C59H45BN2O/c1-38-22-32-50-53(34-38)62(46-28-23-41(24-29-46)39-14-7-5-8-15-39)55-37-44(59(2,3)4)36-54-57(55)60(50)51-35-43(40-16-9-6-10-17-40)27-33-52(51)61(54)45-30-25-42(26-31-45)47-19-13-20-49-48-18-11-12-21-56(48)63-58(47)49/h5-37H,1-4H3. The maximum atomic E-state index is 6.51. The highest BCUT2D eigenvalue weighted by Gasteiger charge is 2.44. The van der Waals surface area contributed by atoms with E-state index >= 15 is 0 Å². The molecule has 1 aromatic heterocycles. The van der Waals surface area contributed by atoms with Gasteiger partial charge in [0.15, 0.2) is 0 Å². The maximum Gasteiger partial charge on any atom is 0.252 e. The molecule has 0 spiro atoms. The van der Waals surface area contributed by atoms with E-state index in [1.165, 1.54) is 72.5 Å². The molecule has 0 aliphatic carbocycles. The quantitative estimate of drug-likeness (QED) is 0.162. The van der Waals surface area contributed by atoms with E-state index in [4.69, 9.17) is 4.42 Å². The van der Waals surface area contributed by atoms with Gasteiger partial charge in [-0.15, -0.1) is 0 Å². The largest absolute Gasteiger partial charge is 0.455 e. The summed E-state index contributed by atoms with van der Waals surface area (Å²) in [4.78, 5) is 5.05. The van der Waals surface area contributed by atoms with Crippen LogP contribution in [0, 0.1) is 6.92 Å². The van der Waals surface area contributed by atoms with E-state index in [0.717, 1.165) is 44.4 Å². The number of benzene rings is 9. The van der Waals surface area contributed by atoms with Crippen LogP contribution in [0.15, 0.2) is 205 Å². The zero-order valence-corrected chi connectivity index (χ0v) is 35.9. The molecule has 2 aliphatic heterocycles. The van der Waals surface area contributed by atoms with Crippen LogP contribution in [0.25, 0.3) is 55.3 Å². The zero-order chi connectivity index (χ0) is 42.4. The van der Waals surface area contributed by atoms with E-state index in [2.05, 4.69) is 232 Å². The van der Waals surface area contributed by atoms with Crippen molar-refractivity contribution in [1.82, 2.24) is 0 Å². The first-order chi connectivity index (χ1) is 30.8. The maximum absolute atomic E-state index is 6.51. The second kappa shape index (κ2) is 14.3.